The van der Waals surface area contributed by atoms with Crippen LogP contribution in [0.5, 0.6) is 0 Å². The molecule has 3 rings (SSSR count). The monoisotopic (exact) mass is 305 g/mol. The third-order valence-corrected chi connectivity index (χ3v) is 4.54. The zero-order valence-electron chi connectivity index (χ0n) is 12.4. The first kappa shape index (κ1) is 14.3. The molecular formula is C15H20ClN5. The second-order valence-corrected chi connectivity index (χ2v) is 7.05. The minimum absolute atomic E-state index is 0.350. The van der Waals surface area contributed by atoms with Crippen molar-refractivity contribution in [3.05, 3.63) is 23.2 Å². The average molecular weight is 306 g/mol. The number of halogens is 1. The van der Waals surface area contributed by atoms with Gasteiger partial charge in [0.2, 0.25) is 0 Å². The van der Waals surface area contributed by atoms with Gasteiger partial charge in [-0.3, -0.25) is 0 Å². The Morgan fingerprint density at radius 3 is 2.62 bits per heavy atom. The van der Waals surface area contributed by atoms with Crippen molar-refractivity contribution in [2.75, 3.05) is 5.73 Å². The molecule has 1 aliphatic carbocycles. The Bertz CT molecular complexity index is 619. The van der Waals surface area contributed by atoms with Crippen molar-refractivity contribution in [1.29, 1.82) is 0 Å². The SMILES string of the molecule is CC1(C)CCC(n2nnnc2-c2cc(N)cc(Cl)c2)CC1. The lowest BCUT2D eigenvalue weighted by Crippen LogP contribution is -2.24. The van der Waals surface area contributed by atoms with Gasteiger partial charge in [0.1, 0.15) is 0 Å². The molecule has 1 aliphatic rings. The highest BCUT2D eigenvalue weighted by Gasteiger charge is 2.29. The number of anilines is 1. The van der Waals surface area contributed by atoms with Crippen molar-refractivity contribution in [3.63, 3.8) is 0 Å². The summed E-state index contributed by atoms with van der Waals surface area (Å²) >= 11 is 6.08. The zero-order chi connectivity index (χ0) is 15.0. The lowest BCUT2D eigenvalue weighted by Gasteiger charge is -2.34. The molecule has 6 heteroatoms. The van der Waals surface area contributed by atoms with Crippen molar-refractivity contribution >= 4 is 17.3 Å². The molecule has 0 radical (unpaired) electrons. The van der Waals surface area contributed by atoms with Crippen LogP contribution in [-0.2, 0) is 0 Å². The molecule has 0 bridgehead atoms. The fraction of sp³-hybridized carbons (Fsp3) is 0.533. The van der Waals surface area contributed by atoms with Crippen molar-refractivity contribution < 1.29 is 0 Å². The Morgan fingerprint density at radius 2 is 1.95 bits per heavy atom. The summed E-state index contributed by atoms with van der Waals surface area (Å²) in [4.78, 5) is 0. The number of nitrogens with zero attached hydrogens (tertiary/aromatic N) is 4. The molecule has 0 unspecified atom stereocenters. The van der Waals surface area contributed by atoms with E-state index >= 15 is 0 Å². The van der Waals surface area contributed by atoms with Crippen LogP contribution < -0.4 is 5.73 Å². The highest BCUT2D eigenvalue weighted by atomic mass is 35.5. The summed E-state index contributed by atoms with van der Waals surface area (Å²) in [5.41, 5.74) is 7.78. The molecule has 1 aromatic carbocycles. The number of tetrazole rings is 1. The number of benzene rings is 1. The van der Waals surface area contributed by atoms with E-state index in [4.69, 9.17) is 17.3 Å². The molecule has 2 aromatic rings. The van der Waals surface area contributed by atoms with Gasteiger partial charge < -0.3 is 5.73 Å². The first-order valence-electron chi connectivity index (χ1n) is 7.29. The molecule has 1 aromatic heterocycles. The predicted molar refractivity (Wildman–Crippen MR) is 84.0 cm³/mol. The van der Waals surface area contributed by atoms with E-state index in [1.165, 1.54) is 12.8 Å². The standard InChI is InChI=1S/C15H20ClN5/c1-15(2)5-3-13(4-6-15)21-14(18-19-20-21)10-7-11(16)9-12(17)8-10/h7-9,13H,3-6,17H2,1-2H3. The quantitative estimate of drug-likeness (QED) is 0.859. The molecule has 0 amide bonds. The van der Waals surface area contributed by atoms with Gasteiger partial charge in [0.15, 0.2) is 5.82 Å². The molecule has 21 heavy (non-hydrogen) atoms. The van der Waals surface area contributed by atoms with Gasteiger partial charge >= 0.3 is 0 Å². The first-order chi connectivity index (χ1) is 9.94. The second-order valence-electron chi connectivity index (χ2n) is 6.62. The Balaban J connectivity index is 1.91. The van der Waals surface area contributed by atoms with Gasteiger partial charge in [-0.15, -0.1) is 5.10 Å². The number of rotatable bonds is 2. The maximum absolute atomic E-state index is 6.08. The van der Waals surface area contributed by atoms with Crippen LogP contribution in [0.3, 0.4) is 0 Å². The molecule has 0 aliphatic heterocycles. The number of nitrogen functional groups attached to an aromatic ring is 1. The largest absolute Gasteiger partial charge is 0.399 e. The van der Waals surface area contributed by atoms with E-state index in [-0.39, 0.29) is 0 Å². The van der Waals surface area contributed by atoms with E-state index in [0.717, 1.165) is 24.2 Å². The Hall–Kier alpha value is -1.62. The van der Waals surface area contributed by atoms with Gasteiger partial charge in [0.05, 0.1) is 6.04 Å². The summed E-state index contributed by atoms with van der Waals surface area (Å²) in [6.45, 7) is 4.64. The van der Waals surface area contributed by atoms with E-state index < -0.39 is 0 Å². The van der Waals surface area contributed by atoms with Crippen LogP contribution >= 0.6 is 11.6 Å². The predicted octanol–water partition coefficient (Wildman–Crippen LogP) is 3.72. The normalized spacial score (nSPS) is 18.8. The molecule has 1 heterocycles. The van der Waals surface area contributed by atoms with Gasteiger partial charge in [-0.2, -0.15) is 0 Å². The minimum atomic E-state index is 0.350. The Kier molecular flexibility index (Phi) is 3.61. The topological polar surface area (TPSA) is 69.6 Å². The van der Waals surface area contributed by atoms with Crippen LogP contribution in [0.1, 0.15) is 45.6 Å². The fourth-order valence-corrected chi connectivity index (χ4v) is 3.24. The average Bonchev–Trinajstić information content (AvgIpc) is 2.86. The minimum Gasteiger partial charge on any atom is -0.399 e. The summed E-state index contributed by atoms with van der Waals surface area (Å²) < 4.78 is 1.93. The van der Waals surface area contributed by atoms with Gasteiger partial charge in [-0.1, -0.05) is 25.4 Å². The number of hydrogen-bond acceptors (Lipinski definition) is 4. The lowest BCUT2D eigenvalue weighted by molar-refractivity contribution is 0.185. The molecular weight excluding hydrogens is 286 g/mol. The molecule has 1 saturated carbocycles. The molecule has 1 fully saturated rings. The lowest BCUT2D eigenvalue weighted by atomic mass is 9.75. The molecule has 0 atom stereocenters. The fourth-order valence-electron chi connectivity index (χ4n) is 3.00. The van der Waals surface area contributed by atoms with Gasteiger partial charge in [0, 0.05) is 16.3 Å². The van der Waals surface area contributed by atoms with Crippen LogP contribution in [0.4, 0.5) is 5.69 Å². The number of aromatic nitrogens is 4. The third kappa shape index (κ3) is 3.02. The van der Waals surface area contributed by atoms with E-state index in [1.807, 2.05) is 16.8 Å². The summed E-state index contributed by atoms with van der Waals surface area (Å²) in [5.74, 6) is 0.744. The van der Waals surface area contributed by atoms with E-state index in [9.17, 15) is 0 Å². The first-order valence-corrected chi connectivity index (χ1v) is 7.67. The van der Waals surface area contributed by atoms with Gasteiger partial charge in [-0.05, 0) is 59.7 Å². The molecule has 5 nitrogen and oxygen atoms in total. The summed E-state index contributed by atoms with van der Waals surface area (Å²) in [5, 5.41) is 12.8. The smallest absolute Gasteiger partial charge is 0.182 e. The van der Waals surface area contributed by atoms with Gasteiger partial charge in [0.25, 0.3) is 0 Å². The molecule has 112 valence electrons. The van der Waals surface area contributed by atoms with Crippen molar-refractivity contribution in [1.82, 2.24) is 20.2 Å². The van der Waals surface area contributed by atoms with E-state index in [0.29, 0.717) is 22.2 Å². The van der Waals surface area contributed by atoms with Crippen LogP contribution in [0.25, 0.3) is 11.4 Å². The summed E-state index contributed by atoms with van der Waals surface area (Å²) in [6.07, 6.45) is 4.57. The second kappa shape index (κ2) is 5.30. The maximum Gasteiger partial charge on any atom is 0.182 e. The Labute approximate surface area is 129 Å². The number of hydrogen-bond donors (Lipinski definition) is 1. The summed E-state index contributed by atoms with van der Waals surface area (Å²) in [7, 11) is 0. The van der Waals surface area contributed by atoms with Crippen molar-refractivity contribution in [2.24, 2.45) is 5.41 Å². The molecule has 0 spiro atoms. The highest BCUT2D eigenvalue weighted by Crippen LogP contribution is 2.40. The highest BCUT2D eigenvalue weighted by molar-refractivity contribution is 6.31. The van der Waals surface area contributed by atoms with Gasteiger partial charge in [-0.25, -0.2) is 4.68 Å². The van der Waals surface area contributed by atoms with E-state index in [1.54, 1.807) is 6.07 Å². The van der Waals surface area contributed by atoms with Crippen molar-refractivity contribution in [2.45, 2.75) is 45.6 Å². The molecule has 2 N–H and O–H groups in total. The third-order valence-electron chi connectivity index (χ3n) is 4.33. The van der Waals surface area contributed by atoms with E-state index in [2.05, 4.69) is 29.4 Å². The summed E-state index contributed by atoms with van der Waals surface area (Å²) in [6, 6.07) is 5.79. The number of nitrogens with two attached hydrogens (primary N) is 1. The Morgan fingerprint density at radius 1 is 1.24 bits per heavy atom. The van der Waals surface area contributed by atoms with Crippen LogP contribution in [-0.4, -0.2) is 20.2 Å². The van der Waals surface area contributed by atoms with Crippen LogP contribution in [0.2, 0.25) is 5.02 Å². The molecule has 0 saturated heterocycles. The van der Waals surface area contributed by atoms with Crippen molar-refractivity contribution in [3.8, 4) is 11.4 Å². The van der Waals surface area contributed by atoms with Crippen LogP contribution in [0.15, 0.2) is 18.2 Å². The van der Waals surface area contributed by atoms with Crippen LogP contribution in [0, 0.1) is 5.41 Å². The maximum atomic E-state index is 6.08. The zero-order valence-corrected chi connectivity index (χ0v) is 13.1.